The number of nitrogens with zero attached hydrogens (tertiary/aromatic N) is 4. The maximum Gasteiger partial charge on any atom is 0.255 e. The molecule has 1 unspecified atom stereocenters. The minimum atomic E-state index is 0. The largest absolute Gasteiger partial charge is 0.333 e. The van der Waals surface area contributed by atoms with Crippen molar-refractivity contribution in [3.8, 4) is 0 Å². The number of halogens is 2. The van der Waals surface area contributed by atoms with Gasteiger partial charge in [-0.25, -0.2) is 4.98 Å². The number of aryl methyl sites for hydroxylation is 2. The van der Waals surface area contributed by atoms with Crippen LogP contribution in [0, 0.1) is 6.92 Å². The van der Waals surface area contributed by atoms with E-state index in [1.807, 2.05) is 24.9 Å². The lowest BCUT2D eigenvalue weighted by Gasteiger charge is -2.33. The van der Waals surface area contributed by atoms with Crippen LogP contribution < -0.4 is 5.32 Å². The van der Waals surface area contributed by atoms with Gasteiger partial charge >= 0.3 is 0 Å². The van der Waals surface area contributed by atoms with Crippen LogP contribution in [-0.2, 0) is 7.05 Å². The Hall–Kier alpha value is -1.37. The SMILES string of the molecule is Cc1nn(C)c2ncc(C(=O)N3CCNCC3C)cc12.Cl.Cl. The van der Waals surface area contributed by atoms with E-state index in [9.17, 15) is 4.79 Å². The van der Waals surface area contributed by atoms with Crippen LogP contribution >= 0.6 is 24.8 Å². The van der Waals surface area contributed by atoms with E-state index in [-0.39, 0.29) is 36.8 Å². The maximum absolute atomic E-state index is 12.6. The highest BCUT2D eigenvalue weighted by Crippen LogP contribution is 2.18. The van der Waals surface area contributed by atoms with Gasteiger partial charge in [-0.15, -0.1) is 24.8 Å². The van der Waals surface area contributed by atoms with Crippen LogP contribution in [0.4, 0.5) is 0 Å². The molecule has 1 amide bonds. The van der Waals surface area contributed by atoms with E-state index >= 15 is 0 Å². The van der Waals surface area contributed by atoms with Gasteiger partial charge in [-0.3, -0.25) is 9.48 Å². The number of piperazine rings is 1. The van der Waals surface area contributed by atoms with Gasteiger partial charge in [0, 0.05) is 44.3 Å². The molecule has 1 aliphatic heterocycles. The zero-order chi connectivity index (χ0) is 14.3. The Morgan fingerprint density at radius 2 is 2.14 bits per heavy atom. The van der Waals surface area contributed by atoms with Gasteiger partial charge in [-0.05, 0) is 19.9 Å². The molecule has 0 spiro atoms. The average molecular weight is 346 g/mol. The van der Waals surface area contributed by atoms with Gasteiger partial charge in [0.2, 0.25) is 0 Å². The van der Waals surface area contributed by atoms with Gasteiger partial charge in [0.1, 0.15) is 0 Å². The van der Waals surface area contributed by atoms with Crippen LogP contribution in [0.2, 0.25) is 0 Å². The first-order valence-electron chi connectivity index (χ1n) is 6.89. The summed E-state index contributed by atoms with van der Waals surface area (Å²) in [5.74, 6) is 0.0525. The molecule has 22 heavy (non-hydrogen) atoms. The molecule has 6 nitrogen and oxygen atoms in total. The summed E-state index contributed by atoms with van der Waals surface area (Å²) in [5, 5.41) is 8.57. The summed E-state index contributed by atoms with van der Waals surface area (Å²) in [6, 6.07) is 2.11. The molecule has 1 aliphatic rings. The Bertz CT molecular complexity index is 673. The molecule has 1 saturated heterocycles. The second-order valence-electron chi connectivity index (χ2n) is 5.36. The van der Waals surface area contributed by atoms with Crippen LogP contribution in [0.5, 0.6) is 0 Å². The van der Waals surface area contributed by atoms with E-state index in [1.165, 1.54) is 0 Å². The molecule has 0 bridgehead atoms. The second-order valence-corrected chi connectivity index (χ2v) is 5.36. The molecular weight excluding hydrogens is 325 g/mol. The molecule has 2 aromatic heterocycles. The maximum atomic E-state index is 12.6. The van der Waals surface area contributed by atoms with E-state index in [0.29, 0.717) is 5.56 Å². The second kappa shape index (κ2) is 7.26. The van der Waals surface area contributed by atoms with E-state index in [2.05, 4.69) is 22.3 Å². The number of amides is 1. The molecule has 0 aromatic carbocycles. The van der Waals surface area contributed by atoms with Crippen LogP contribution in [0.15, 0.2) is 12.3 Å². The molecule has 2 aromatic rings. The Kier molecular flexibility index (Phi) is 6.17. The Balaban J connectivity index is 0.00000121. The number of aromatic nitrogens is 3. The van der Waals surface area contributed by atoms with Gasteiger partial charge in [0.05, 0.1) is 11.3 Å². The summed E-state index contributed by atoms with van der Waals surface area (Å²) in [4.78, 5) is 18.9. The summed E-state index contributed by atoms with van der Waals surface area (Å²) in [6.45, 7) is 6.42. The summed E-state index contributed by atoms with van der Waals surface area (Å²) >= 11 is 0. The predicted octanol–water partition coefficient (Wildman–Crippen LogP) is 1.55. The third-order valence-corrected chi connectivity index (χ3v) is 3.87. The predicted molar refractivity (Wildman–Crippen MR) is 91.1 cm³/mol. The number of pyridine rings is 1. The number of carbonyl (C=O) groups excluding carboxylic acids is 1. The molecule has 1 atom stereocenters. The number of hydrogen-bond acceptors (Lipinski definition) is 4. The first-order chi connectivity index (χ1) is 9.58. The Morgan fingerprint density at radius 3 is 2.82 bits per heavy atom. The topological polar surface area (TPSA) is 63.1 Å². The van der Waals surface area contributed by atoms with Crippen LogP contribution in [-0.4, -0.2) is 51.2 Å². The highest BCUT2D eigenvalue weighted by molar-refractivity contribution is 5.97. The number of fused-ring (bicyclic) bond motifs is 1. The molecule has 3 rings (SSSR count). The minimum absolute atomic E-state index is 0. The third kappa shape index (κ3) is 3.19. The lowest BCUT2D eigenvalue weighted by molar-refractivity contribution is 0.0655. The van der Waals surface area contributed by atoms with Crippen molar-refractivity contribution >= 4 is 41.8 Å². The molecule has 1 fully saturated rings. The smallest absolute Gasteiger partial charge is 0.255 e. The van der Waals surface area contributed by atoms with Crippen molar-refractivity contribution in [3.05, 3.63) is 23.5 Å². The normalized spacial score (nSPS) is 17.8. The van der Waals surface area contributed by atoms with Crippen molar-refractivity contribution < 1.29 is 4.79 Å². The molecule has 8 heteroatoms. The van der Waals surface area contributed by atoms with Gasteiger partial charge in [-0.2, -0.15) is 5.10 Å². The van der Waals surface area contributed by atoms with Crippen molar-refractivity contribution in [3.63, 3.8) is 0 Å². The molecule has 0 saturated carbocycles. The van der Waals surface area contributed by atoms with Crippen LogP contribution in [0.3, 0.4) is 0 Å². The van der Waals surface area contributed by atoms with Crippen LogP contribution in [0.1, 0.15) is 23.0 Å². The third-order valence-electron chi connectivity index (χ3n) is 3.87. The van der Waals surface area contributed by atoms with Gasteiger partial charge in [-0.1, -0.05) is 0 Å². The van der Waals surface area contributed by atoms with Crippen molar-refractivity contribution in [2.24, 2.45) is 7.05 Å². The van der Waals surface area contributed by atoms with E-state index in [0.717, 1.165) is 36.4 Å². The highest BCUT2D eigenvalue weighted by atomic mass is 35.5. The van der Waals surface area contributed by atoms with E-state index in [4.69, 9.17) is 0 Å². The zero-order valence-corrected chi connectivity index (χ0v) is 14.5. The number of nitrogens with one attached hydrogen (secondary N) is 1. The van der Waals surface area contributed by atoms with Crippen molar-refractivity contribution in [2.75, 3.05) is 19.6 Å². The number of hydrogen-bond donors (Lipinski definition) is 1. The summed E-state index contributed by atoms with van der Waals surface area (Å²) < 4.78 is 1.74. The molecule has 0 aliphatic carbocycles. The Morgan fingerprint density at radius 1 is 1.41 bits per heavy atom. The fraction of sp³-hybridized carbons (Fsp3) is 0.500. The highest BCUT2D eigenvalue weighted by Gasteiger charge is 2.24. The zero-order valence-electron chi connectivity index (χ0n) is 12.9. The molecular formula is C14H21Cl2N5O. The van der Waals surface area contributed by atoms with Gasteiger partial charge in [0.15, 0.2) is 5.65 Å². The monoisotopic (exact) mass is 345 g/mol. The molecule has 1 N–H and O–H groups in total. The van der Waals surface area contributed by atoms with Crippen LogP contribution in [0.25, 0.3) is 11.0 Å². The minimum Gasteiger partial charge on any atom is -0.333 e. The quantitative estimate of drug-likeness (QED) is 0.851. The standard InChI is InChI=1S/C14H19N5O.2ClH/c1-9-7-15-4-5-19(9)14(20)11-6-12-10(2)17-18(3)13(12)16-8-11;;/h6,8-9,15H,4-5,7H2,1-3H3;2*1H. The first kappa shape index (κ1) is 18.7. The average Bonchev–Trinajstić information content (AvgIpc) is 2.73. The van der Waals surface area contributed by atoms with Gasteiger partial charge < -0.3 is 10.2 Å². The van der Waals surface area contributed by atoms with Gasteiger partial charge in [0.25, 0.3) is 5.91 Å². The fourth-order valence-corrected chi connectivity index (χ4v) is 2.73. The van der Waals surface area contributed by atoms with E-state index < -0.39 is 0 Å². The summed E-state index contributed by atoms with van der Waals surface area (Å²) in [6.07, 6.45) is 1.65. The molecule has 0 radical (unpaired) electrons. The molecule has 3 heterocycles. The fourth-order valence-electron chi connectivity index (χ4n) is 2.73. The number of rotatable bonds is 1. The number of carbonyl (C=O) groups is 1. The molecule has 122 valence electrons. The van der Waals surface area contributed by atoms with Crippen molar-refractivity contribution in [2.45, 2.75) is 19.9 Å². The summed E-state index contributed by atoms with van der Waals surface area (Å²) in [5.41, 5.74) is 2.35. The Labute approximate surface area is 142 Å². The lowest BCUT2D eigenvalue weighted by Crippen LogP contribution is -2.52. The van der Waals surface area contributed by atoms with E-state index in [1.54, 1.807) is 10.9 Å². The lowest BCUT2D eigenvalue weighted by atomic mass is 10.1. The van der Waals surface area contributed by atoms with Crippen molar-refractivity contribution in [1.29, 1.82) is 0 Å². The van der Waals surface area contributed by atoms with Crippen molar-refractivity contribution in [1.82, 2.24) is 25.0 Å². The first-order valence-corrected chi connectivity index (χ1v) is 6.89. The summed E-state index contributed by atoms with van der Waals surface area (Å²) in [7, 11) is 1.86.